The lowest BCUT2D eigenvalue weighted by Crippen LogP contribution is -2.82. The molecule has 0 radical (unpaired) electrons. The van der Waals surface area contributed by atoms with Crippen LogP contribution in [0.15, 0.2) is 11.3 Å². The maximum absolute atomic E-state index is 13.1. The van der Waals surface area contributed by atoms with Gasteiger partial charge in [-0.3, -0.25) is 9.59 Å². The maximum atomic E-state index is 13.1. The molecule has 1 aliphatic carbocycles. The monoisotopic (exact) mass is 428 g/mol. The van der Waals surface area contributed by atoms with E-state index in [4.69, 9.17) is 4.74 Å². The van der Waals surface area contributed by atoms with Gasteiger partial charge in [-0.1, -0.05) is 64.6 Å². The molecular weight excluding hydrogens is 389 g/mol. The van der Waals surface area contributed by atoms with E-state index in [9.17, 15) is 9.59 Å². The van der Waals surface area contributed by atoms with Gasteiger partial charge in [-0.2, -0.15) is 0 Å². The molecule has 0 amide bonds. The van der Waals surface area contributed by atoms with Crippen LogP contribution in [0.3, 0.4) is 0 Å². The Hall–Kier alpha value is -0.252. The molecule has 3 nitrogen and oxygen atoms in total. The molecule has 0 N–H and O–H groups in total. The zero-order valence-corrected chi connectivity index (χ0v) is 22.7. The minimum absolute atomic E-state index is 0.156. The zero-order chi connectivity index (χ0) is 20.6. The van der Waals surface area contributed by atoms with Gasteiger partial charge in [0.25, 0.3) is 0 Å². The molecule has 0 bridgehead atoms. The van der Waals surface area contributed by atoms with Crippen LogP contribution >= 0.6 is 0 Å². The van der Waals surface area contributed by atoms with Gasteiger partial charge in [0.15, 0.2) is 5.78 Å². The number of Topliss-reactive ketones (excluding diaryl/α,β-unsaturated/α-hetero) is 1. The van der Waals surface area contributed by atoms with E-state index in [0.29, 0.717) is 6.61 Å². The van der Waals surface area contributed by atoms with E-state index in [1.165, 1.54) is 0 Å². The molecule has 1 aliphatic rings. The molecule has 1 atom stereocenters. The van der Waals surface area contributed by atoms with Crippen LogP contribution in [0.1, 0.15) is 26.2 Å². The fraction of sp³-hybridized carbons (Fsp3) is 0.789. The summed E-state index contributed by atoms with van der Waals surface area (Å²) in [6.07, 6.45) is 1.93. The molecule has 0 saturated heterocycles. The van der Waals surface area contributed by atoms with Gasteiger partial charge in [0, 0.05) is 28.7 Å². The van der Waals surface area contributed by atoms with Gasteiger partial charge < -0.3 is 4.74 Å². The quantitative estimate of drug-likeness (QED) is 0.322. The Bertz CT molecular complexity index is 541. The first-order valence-corrected chi connectivity index (χ1v) is 25.6. The fourth-order valence-corrected chi connectivity index (χ4v) is 101. The predicted octanol–water partition coefficient (Wildman–Crippen LogP) is 5.08. The summed E-state index contributed by atoms with van der Waals surface area (Å²) >= 11 is 0. The molecular formula is C19H40O3Si4. The van der Waals surface area contributed by atoms with Crippen molar-refractivity contribution in [1.82, 2.24) is 0 Å². The smallest absolute Gasteiger partial charge is 0.306 e. The maximum Gasteiger partial charge on any atom is 0.306 e. The lowest BCUT2D eigenvalue weighted by Gasteiger charge is -2.56. The predicted molar refractivity (Wildman–Crippen MR) is 123 cm³/mol. The summed E-state index contributed by atoms with van der Waals surface area (Å²) in [5.74, 6) is -0.141. The Balaban J connectivity index is 3.36. The summed E-state index contributed by atoms with van der Waals surface area (Å²) in [5, 5.41) is 0. The molecule has 1 unspecified atom stereocenters. The van der Waals surface area contributed by atoms with E-state index >= 15 is 0 Å². The Morgan fingerprint density at radius 1 is 1.00 bits per heavy atom. The minimum Gasteiger partial charge on any atom is -0.466 e. The number of rotatable bonds is 7. The van der Waals surface area contributed by atoms with Gasteiger partial charge in [-0.25, -0.2) is 0 Å². The second-order valence-corrected chi connectivity index (χ2v) is 51.3. The minimum atomic E-state index is -1.67. The van der Waals surface area contributed by atoms with Crippen LogP contribution in [-0.4, -0.2) is 47.8 Å². The van der Waals surface area contributed by atoms with E-state index in [1.54, 1.807) is 0 Å². The molecule has 0 aromatic rings. The summed E-state index contributed by atoms with van der Waals surface area (Å²) < 4.78 is 5.07. The van der Waals surface area contributed by atoms with Crippen molar-refractivity contribution in [2.45, 2.75) is 85.1 Å². The highest BCUT2D eigenvalue weighted by atomic mass is 29.9. The SMILES string of the molecule is CCOC(=O)CC1CC/C(=C\[Si]([Si](C)(C)C)([Si](C)(C)C)[Si](C)(C)C)C1=O. The van der Waals surface area contributed by atoms with Crippen LogP contribution in [0.25, 0.3) is 0 Å². The average molecular weight is 429 g/mol. The van der Waals surface area contributed by atoms with E-state index in [0.717, 1.165) is 18.4 Å². The number of hydrogen-bond acceptors (Lipinski definition) is 3. The van der Waals surface area contributed by atoms with Crippen molar-refractivity contribution in [2.75, 3.05) is 6.61 Å². The molecule has 0 heterocycles. The van der Waals surface area contributed by atoms with Gasteiger partial charge in [0.1, 0.15) is 0 Å². The molecule has 26 heavy (non-hydrogen) atoms. The standard InChI is InChI=1S/C19H40O3Si4/c1-11-22-18(20)14-16-12-13-17(19(16)21)15-26(23(2,3)4,24(5,6)7)25(8,9)10/h15-16H,11-14H2,1-10H3/b17-15+. The molecule has 1 rings (SSSR count). The van der Waals surface area contributed by atoms with Crippen LogP contribution in [0.2, 0.25) is 58.9 Å². The Morgan fingerprint density at radius 3 is 1.85 bits per heavy atom. The first kappa shape index (κ1) is 23.8. The normalized spacial score (nSPS) is 21.4. The molecule has 0 aliphatic heterocycles. The third kappa shape index (κ3) is 4.59. The van der Waals surface area contributed by atoms with Gasteiger partial charge >= 0.3 is 5.97 Å². The van der Waals surface area contributed by atoms with Crippen molar-refractivity contribution < 1.29 is 14.3 Å². The van der Waals surface area contributed by atoms with Crippen molar-refractivity contribution in [3.05, 3.63) is 11.3 Å². The Morgan fingerprint density at radius 2 is 1.46 bits per heavy atom. The number of carbonyl (C=O) groups is 2. The summed E-state index contributed by atoms with van der Waals surface area (Å²) in [4.78, 5) is 24.9. The summed E-state index contributed by atoms with van der Waals surface area (Å²) in [6.45, 7) is 23.4. The zero-order valence-electron chi connectivity index (χ0n) is 18.7. The van der Waals surface area contributed by atoms with E-state index in [2.05, 4.69) is 64.6 Å². The Labute approximate surface area is 164 Å². The highest BCUT2D eigenvalue weighted by Crippen LogP contribution is 2.41. The van der Waals surface area contributed by atoms with Gasteiger partial charge in [-0.15, -0.1) is 0 Å². The van der Waals surface area contributed by atoms with Crippen molar-refractivity contribution >= 4 is 41.2 Å². The topological polar surface area (TPSA) is 43.4 Å². The van der Waals surface area contributed by atoms with Gasteiger partial charge in [-0.05, 0) is 25.3 Å². The fourth-order valence-electron chi connectivity index (χ4n) is 5.89. The van der Waals surface area contributed by atoms with Crippen LogP contribution in [0, 0.1) is 5.92 Å². The largest absolute Gasteiger partial charge is 0.466 e. The van der Waals surface area contributed by atoms with E-state index < -0.39 is 29.4 Å². The third-order valence-electron chi connectivity index (χ3n) is 6.11. The van der Waals surface area contributed by atoms with Crippen molar-refractivity contribution in [1.29, 1.82) is 0 Å². The molecule has 7 heteroatoms. The lowest BCUT2D eigenvalue weighted by molar-refractivity contribution is -0.145. The molecule has 1 fully saturated rings. The summed E-state index contributed by atoms with van der Waals surface area (Å²) in [6, 6.07) is 0. The Kier molecular flexibility index (Phi) is 7.33. The summed E-state index contributed by atoms with van der Waals surface area (Å²) in [7, 11) is -4.29. The number of esters is 1. The summed E-state index contributed by atoms with van der Waals surface area (Å²) in [5.41, 5.74) is 3.67. The number of ether oxygens (including phenoxy) is 1. The van der Waals surface area contributed by atoms with E-state index in [-0.39, 0.29) is 24.1 Å². The third-order valence-corrected chi connectivity index (χ3v) is 77.1. The van der Waals surface area contributed by atoms with Gasteiger partial charge in [0.05, 0.1) is 19.7 Å². The molecule has 0 spiro atoms. The van der Waals surface area contributed by atoms with Crippen LogP contribution < -0.4 is 0 Å². The lowest BCUT2D eigenvalue weighted by atomic mass is 10.0. The second-order valence-electron chi connectivity index (χ2n) is 10.8. The molecule has 0 aromatic heterocycles. The average Bonchev–Trinajstić information content (AvgIpc) is 2.73. The molecule has 1 saturated carbocycles. The van der Waals surface area contributed by atoms with Gasteiger partial charge in [0.2, 0.25) is 0 Å². The second kappa shape index (κ2) is 8.01. The number of allylic oxidation sites excluding steroid dienone is 1. The molecule has 150 valence electrons. The number of carbonyl (C=O) groups excluding carboxylic acids is 2. The van der Waals surface area contributed by atoms with Crippen LogP contribution in [-0.2, 0) is 14.3 Å². The van der Waals surface area contributed by atoms with E-state index in [1.807, 2.05) is 6.92 Å². The van der Waals surface area contributed by atoms with Crippen LogP contribution in [0.4, 0.5) is 0 Å². The van der Waals surface area contributed by atoms with Crippen molar-refractivity contribution in [3.8, 4) is 0 Å². The first-order chi connectivity index (χ1) is 11.6. The first-order valence-electron chi connectivity index (χ1n) is 10.00. The molecule has 0 aromatic carbocycles. The number of ketones is 1. The van der Waals surface area contributed by atoms with Crippen LogP contribution in [0.5, 0.6) is 0 Å². The van der Waals surface area contributed by atoms with Crippen molar-refractivity contribution in [2.24, 2.45) is 5.92 Å². The highest BCUT2D eigenvalue weighted by molar-refractivity contribution is 7.90. The highest BCUT2D eigenvalue weighted by Gasteiger charge is 2.60. The van der Waals surface area contributed by atoms with Crippen molar-refractivity contribution in [3.63, 3.8) is 0 Å². The number of hydrogen-bond donors (Lipinski definition) is 0.